The SMILES string of the molecule is CCOc1ccccc1NC(=O)C(C)Sc1cccc(NC(=O)/C(=C\c2ccc(-c3ccccc3)cc2)NC(=O)c2ccccc2)c1. The van der Waals surface area contributed by atoms with E-state index in [1.54, 1.807) is 54.6 Å². The van der Waals surface area contributed by atoms with Crippen molar-refractivity contribution < 1.29 is 19.1 Å². The van der Waals surface area contributed by atoms with Crippen LogP contribution >= 0.6 is 11.8 Å². The van der Waals surface area contributed by atoms with Gasteiger partial charge < -0.3 is 20.7 Å². The lowest BCUT2D eigenvalue weighted by Gasteiger charge is -2.15. The Labute approximate surface area is 279 Å². The molecule has 47 heavy (non-hydrogen) atoms. The number of nitrogens with one attached hydrogen (secondary N) is 3. The number of carbonyl (C=O) groups is 3. The average Bonchev–Trinajstić information content (AvgIpc) is 3.10. The van der Waals surface area contributed by atoms with Gasteiger partial charge in [-0.05, 0) is 79.1 Å². The number of thioether (sulfide) groups is 1. The van der Waals surface area contributed by atoms with Crippen molar-refractivity contribution in [3.8, 4) is 16.9 Å². The summed E-state index contributed by atoms with van der Waals surface area (Å²) >= 11 is 1.36. The van der Waals surface area contributed by atoms with Gasteiger partial charge in [0.1, 0.15) is 11.4 Å². The largest absolute Gasteiger partial charge is 0.492 e. The standard InChI is InChI=1S/C39H35N3O4S/c1-3-46-36-20-11-10-19-34(36)41-37(43)27(2)47-33-18-12-17-32(26-33)40-39(45)35(42-38(44)31-15-8-5-9-16-31)25-28-21-23-30(24-22-28)29-13-6-4-7-14-29/h4-27H,3H2,1-2H3,(H,40,45)(H,41,43)(H,42,44)/b35-25+. The zero-order valence-corrected chi connectivity index (χ0v) is 26.9. The summed E-state index contributed by atoms with van der Waals surface area (Å²) in [7, 11) is 0. The molecule has 0 saturated heterocycles. The van der Waals surface area contributed by atoms with Crippen LogP contribution in [0.3, 0.4) is 0 Å². The number of hydrogen-bond acceptors (Lipinski definition) is 5. The lowest BCUT2D eigenvalue weighted by molar-refractivity contribution is -0.115. The minimum atomic E-state index is -0.484. The summed E-state index contributed by atoms with van der Waals surface area (Å²) in [4.78, 5) is 40.5. The molecule has 3 amide bonds. The minimum absolute atomic E-state index is 0.0880. The summed E-state index contributed by atoms with van der Waals surface area (Å²) < 4.78 is 5.63. The molecule has 0 bridgehead atoms. The Kier molecular flexibility index (Phi) is 11.2. The maximum Gasteiger partial charge on any atom is 0.272 e. The molecule has 5 aromatic rings. The Balaban J connectivity index is 1.31. The highest BCUT2D eigenvalue weighted by Gasteiger charge is 2.18. The Bertz CT molecular complexity index is 1860. The van der Waals surface area contributed by atoms with Crippen molar-refractivity contribution in [3.63, 3.8) is 0 Å². The van der Waals surface area contributed by atoms with Crippen LogP contribution in [0, 0.1) is 0 Å². The fourth-order valence-corrected chi connectivity index (χ4v) is 5.63. The summed E-state index contributed by atoms with van der Waals surface area (Å²) in [5.41, 5.74) is 4.52. The Morgan fingerprint density at radius 3 is 2.13 bits per heavy atom. The van der Waals surface area contributed by atoms with Crippen LogP contribution in [-0.2, 0) is 9.59 Å². The molecule has 0 aliphatic carbocycles. The molecular weight excluding hydrogens is 607 g/mol. The summed E-state index contributed by atoms with van der Waals surface area (Å²) in [6, 6.07) is 41.0. The van der Waals surface area contributed by atoms with Crippen LogP contribution in [-0.4, -0.2) is 29.6 Å². The molecule has 0 aliphatic heterocycles. The van der Waals surface area contributed by atoms with Gasteiger partial charge in [-0.1, -0.05) is 91.0 Å². The first-order valence-electron chi connectivity index (χ1n) is 15.2. The highest BCUT2D eigenvalue weighted by atomic mass is 32.2. The zero-order chi connectivity index (χ0) is 33.0. The molecule has 0 radical (unpaired) electrons. The monoisotopic (exact) mass is 641 g/mol. The molecule has 0 heterocycles. The number of amides is 3. The second-order valence-electron chi connectivity index (χ2n) is 10.5. The van der Waals surface area contributed by atoms with Gasteiger partial charge in [0.25, 0.3) is 11.8 Å². The molecule has 0 fully saturated rings. The van der Waals surface area contributed by atoms with E-state index in [1.807, 2.05) is 98.8 Å². The van der Waals surface area contributed by atoms with Crippen LogP contribution in [0.2, 0.25) is 0 Å². The third-order valence-electron chi connectivity index (χ3n) is 7.08. The van der Waals surface area contributed by atoms with E-state index in [1.165, 1.54) is 11.8 Å². The van der Waals surface area contributed by atoms with E-state index in [0.717, 1.165) is 21.6 Å². The molecule has 1 atom stereocenters. The van der Waals surface area contributed by atoms with Crippen molar-refractivity contribution in [3.05, 3.63) is 150 Å². The molecule has 0 aliphatic rings. The normalized spacial score (nSPS) is 11.7. The second kappa shape index (κ2) is 16.1. The van der Waals surface area contributed by atoms with Crippen molar-refractivity contribution in [1.29, 1.82) is 0 Å². The molecular formula is C39H35N3O4S. The number of rotatable bonds is 12. The fraction of sp³-hybridized carbons (Fsp3) is 0.103. The molecule has 8 heteroatoms. The predicted octanol–water partition coefficient (Wildman–Crippen LogP) is 8.28. The number of benzene rings is 5. The molecule has 0 aromatic heterocycles. The highest BCUT2D eigenvalue weighted by Crippen LogP contribution is 2.29. The number of anilines is 2. The van der Waals surface area contributed by atoms with Crippen molar-refractivity contribution in [2.45, 2.75) is 24.0 Å². The van der Waals surface area contributed by atoms with E-state index in [-0.39, 0.29) is 11.6 Å². The van der Waals surface area contributed by atoms with Gasteiger partial charge >= 0.3 is 0 Å². The maximum atomic E-state index is 13.6. The van der Waals surface area contributed by atoms with Crippen LogP contribution in [0.1, 0.15) is 29.8 Å². The number of carbonyl (C=O) groups excluding carboxylic acids is 3. The topological polar surface area (TPSA) is 96.5 Å². The molecule has 236 valence electrons. The van der Waals surface area contributed by atoms with Gasteiger partial charge in [-0.3, -0.25) is 14.4 Å². The molecule has 5 rings (SSSR count). The van der Waals surface area contributed by atoms with Gasteiger partial charge in [-0.15, -0.1) is 11.8 Å². The van der Waals surface area contributed by atoms with Crippen LogP contribution in [0.5, 0.6) is 5.75 Å². The molecule has 0 saturated carbocycles. The van der Waals surface area contributed by atoms with Crippen LogP contribution in [0.25, 0.3) is 17.2 Å². The number of para-hydroxylation sites is 2. The molecule has 0 spiro atoms. The van der Waals surface area contributed by atoms with E-state index >= 15 is 0 Å². The van der Waals surface area contributed by atoms with Crippen LogP contribution in [0.4, 0.5) is 11.4 Å². The number of ether oxygens (including phenoxy) is 1. The summed E-state index contributed by atoms with van der Waals surface area (Å²) in [6.07, 6.45) is 1.65. The smallest absolute Gasteiger partial charge is 0.272 e. The Morgan fingerprint density at radius 1 is 0.745 bits per heavy atom. The van der Waals surface area contributed by atoms with E-state index in [2.05, 4.69) is 16.0 Å². The summed E-state index contributed by atoms with van der Waals surface area (Å²) in [6.45, 7) is 4.20. The van der Waals surface area contributed by atoms with Crippen molar-refractivity contribution in [2.75, 3.05) is 17.2 Å². The van der Waals surface area contributed by atoms with Crippen molar-refractivity contribution in [1.82, 2.24) is 5.32 Å². The van der Waals surface area contributed by atoms with Crippen LogP contribution in [0.15, 0.2) is 144 Å². The molecule has 3 N–H and O–H groups in total. The summed E-state index contributed by atoms with van der Waals surface area (Å²) in [5, 5.41) is 8.20. The number of hydrogen-bond donors (Lipinski definition) is 3. The summed E-state index contributed by atoms with van der Waals surface area (Å²) in [5.74, 6) is -0.450. The highest BCUT2D eigenvalue weighted by molar-refractivity contribution is 8.00. The Morgan fingerprint density at radius 2 is 1.40 bits per heavy atom. The van der Waals surface area contributed by atoms with Gasteiger partial charge in [0.05, 0.1) is 17.5 Å². The molecule has 5 aromatic carbocycles. The first kappa shape index (κ1) is 32.8. The van der Waals surface area contributed by atoms with Crippen molar-refractivity contribution >= 4 is 46.9 Å². The predicted molar refractivity (Wildman–Crippen MR) is 190 cm³/mol. The van der Waals surface area contributed by atoms with Crippen molar-refractivity contribution in [2.24, 2.45) is 0 Å². The van der Waals surface area contributed by atoms with E-state index in [9.17, 15) is 14.4 Å². The molecule has 7 nitrogen and oxygen atoms in total. The zero-order valence-electron chi connectivity index (χ0n) is 26.1. The second-order valence-corrected chi connectivity index (χ2v) is 11.9. The van der Waals surface area contributed by atoms with Gasteiger partial charge in [0, 0.05) is 16.1 Å². The van der Waals surface area contributed by atoms with E-state index in [0.29, 0.717) is 29.3 Å². The Hall–Kier alpha value is -5.60. The third-order valence-corrected chi connectivity index (χ3v) is 8.17. The van der Waals surface area contributed by atoms with E-state index < -0.39 is 17.1 Å². The van der Waals surface area contributed by atoms with E-state index in [4.69, 9.17) is 4.74 Å². The molecule has 1 unspecified atom stereocenters. The van der Waals surface area contributed by atoms with Gasteiger partial charge in [0.2, 0.25) is 5.91 Å². The average molecular weight is 642 g/mol. The first-order chi connectivity index (χ1) is 22.9. The quantitative estimate of drug-likeness (QED) is 0.0941. The van der Waals surface area contributed by atoms with Gasteiger partial charge in [0.15, 0.2) is 0 Å². The third kappa shape index (κ3) is 9.22. The van der Waals surface area contributed by atoms with Crippen LogP contribution < -0.4 is 20.7 Å². The first-order valence-corrected chi connectivity index (χ1v) is 16.1. The fourth-order valence-electron chi connectivity index (χ4n) is 4.70. The minimum Gasteiger partial charge on any atom is -0.492 e. The maximum absolute atomic E-state index is 13.6. The lowest BCUT2D eigenvalue weighted by Crippen LogP contribution is -2.30. The van der Waals surface area contributed by atoms with Gasteiger partial charge in [-0.2, -0.15) is 0 Å². The van der Waals surface area contributed by atoms with Gasteiger partial charge in [-0.25, -0.2) is 0 Å². The lowest BCUT2D eigenvalue weighted by atomic mass is 10.0.